The van der Waals surface area contributed by atoms with Crippen molar-refractivity contribution in [2.24, 2.45) is 0 Å². The Balaban J connectivity index is 2.22. The van der Waals surface area contributed by atoms with E-state index in [1.165, 1.54) is 0 Å². The van der Waals surface area contributed by atoms with Crippen molar-refractivity contribution in [3.63, 3.8) is 0 Å². The number of nitrogens with one attached hydrogen (secondary N) is 1. The van der Waals surface area contributed by atoms with E-state index in [1.54, 1.807) is 6.07 Å². The zero-order chi connectivity index (χ0) is 13.0. The molecule has 3 heteroatoms. The Hall–Kier alpha value is -1.80. The lowest BCUT2D eigenvalue weighted by Gasteiger charge is -2.08. The maximum atomic E-state index is 12.1. The molecule has 0 saturated carbocycles. The summed E-state index contributed by atoms with van der Waals surface area (Å²) in [5.41, 5.74) is 3.36. The minimum absolute atomic E-state index is 0.128. The average Bonchev–Trinajstić information content (AvgIpc) is 2.38. The molecule has 0 aliphatic heterocycles. The summed E-state index contributed by atoms with van der Waals surface area (Å²) in [7, 11) is 0. The molecule has 0 spiro atoms. The summed E-state index contributed by atoms with van der Waals surface area (Å²) >= 11 is 5.82. The zero-order valence-corrected chi connectivity index (χ0v) is 10.9. The van der Waals surface area contributed by atoms with Gasteiger partial charge in [-0.25, -0.2) is 0 Å². The van der Waals surface area contributed by atoms with E-state index < -0.39 is 0 Å². The van der Waals surface area contributed by atoms with E-state index in [0.717, 1.165) is 16.8 Å². The number of hydrogen-bond acceptors (Lipinski definition) is 1. The molecule has 0 aromatic heterocycles. The fraction of sp³-hybridized carbons (Fsp3) is 0.133. The number of alkyl halides is 1. The van der Waals surface area contributed by atoms with Crippen LogP contribution in [0.2, 0.25) is 0 Å². The van der Waals surface area contributed by atoms with Gasteiger partial charge in [-0.05, 0) is 36.2 Å². The first-order valence-corrected chi connectivity index (χ1v) is 6.26. The third-order valence-corrected chi connectivity index (χ3v) is 2.97. The summed E-state index contributed by atoms with van der Waals surface area (Å²) in [5.74, 6) is 0.203. The molecule has 92 valence electrons. The lowest BCUT2D eigenvalue weighted by Crippen LogP contribution is -2.13. The van der Waals surface area contributed by atoms with Crippen molar-refractivity contribution in [2.75, 3.05) is 5.32 Å². The highest BCUT2D eigenvalue weighted by molar-refractivity contribution is 6.18. The molecule has 0 bridgehead atoms. The minimum Gasteiger partial charge on any atom is -0.322 e. The topological polar surface area (TPSA) is 29.1 Å². The summed E-state index contributed by atoms with van der Waals surface area (Å²) in [6, 6.07) is 15.1. The highest BCUT2D eigenvalue weighted by Gasteiger charge is 2.10. The predicted octanol–water partition coefficient (Wildman–Crippen LogP) is 3.99. The number of carbonyl (C=O) groups excluding carboxylic acids is 1. The van der Waals surface area contributed by atoms with Gasteiger partial charge >= 0.3 is 0 Å². The smallest absolute Gasteiger partial charge is 0.255 e. The Morgan fingerprint density at radius 3 is 2.67 bits per heavy atom. The Kier molecular flexibility index (Phi) is 4.00. The van der Waals surface area contributed by atoms with E-state index in [9.17, 15) is 4.79 Å². The number of aryl methyl sites for hydroxylation is 1. The highest BCUT2D eigenvalue weighted by atomic mass is 35.5. The summed E-state index contributed by atoms with van der Waals surface area (Å²) in [4.78, 5) is 12.1. The van der Waals surface area contributed by atoms with Crippen LogP contribution >= 0.6 is 11.6 Å². The van der Waals surface area contributed by atoms with Crippen molar-refractivity contribution in [3.8, 4) is 0 Å². The highest BCUT2D eigenvalue weighted by Crippen LogP contribution is 2.15. The molecule has 18 heavy (non-hydrogen) atoms. The van der Waals surface area contributed by atoms with Gasteiger partial charge in [-0.1, -0.05) is 30.3 Å². The number of benzene rings is 2. The van der Waals surface area contributed by atoms with Crippen LogP contribution in [0.3, 0.4) is 0 Å². The van der Waals surface area contributed by atoms with Gasteiger partial charge in [0.1, 0.15) is 0 Å². The van der Waals surface area contributed by atoms with Gasteiger partial charge in [-0.2, -0.15) is 0 Å². The fourth-order valence-corrected chi connectivity index (χ4v) is 2.01. The van der Waals surface area contributed by atoms with Crippen LogP contribution in [-0.2, 0) is 5.88 Å². The number of halogens is 1. The van der Waals surface area contributed by atoms with Crippen LogP contribution in [0, 0.1) is 6.92 Å². The van der Waals surface area contributed by atoms with E-state index in [0.29, 0.717) is 11.4 Å². The molecule has 0 heterocycles. The molecule has 2 aromatic carbocycles. The number of carbonyl (C=O) groups is 1. The van der Waals surface area contributed by atoms with Crippen LogP contribution in [0.4, 0.5) is 5.69 Å². The molecule has 0 aliphatic carbocycles. The van der Waals surface area contributed by atoms with Crippen molar-refractivity contribution in [1.82, 2.24) is 0 Å². The lowest BCUT2D eigenvalue weighted by atomic mass is 10.1. The summed E-state index contributed by atoms with van der Waals surface area (Å²) in [6.07, 6.45) is 0. The number of anilines is 1. The molecular formula is C15H14ClNO. The quantitative estimate of drug-likeness (QED) is 0.830. The van der Waals surface area contributed by atoms with Gasteiger partial charge in [0.15, 0.2) is 0 Å². The van der Waals surface area contributed by atoms with Crippen LogP contribution in [0.15, 0.2) is 48.5 Å². The number of hydrogen-bond donors (Lipinski definition) is 1. The van der Waals surface area contributed by atoms with E-state index in [1.807, 2.05) is 49.4 Å². The first-order chi connectivity index (χ1) is 8.70. The van der Waals surface area contributed by atoms with Gasteiger partial charge in [-0.15, -0.1) is 11.6 Å². The molecule has 2 aromatic rings. The maximum absolute atomic E-state index is 12.1. The minimum atomic E-state index is -0.128. The Morgan fingerprint density at radius 2 is 1.94 bits per heavy atom. The monoisotopic (exact) mass is 259 g/mol. The van der Waals surface area contributed by atoms with Crippen molar-refractivity contribution < 1.29 is 4.79 Å². The second-order valence-electron chi connectivity index (χ2n) is 4.11. The second-order valence-corrected chi connectivity index (χ2v) is 4.38. The summed E-state index contributed by atoms with van der Waals surface area (Å²) < 4.78 is 0. The molecule has 0 fully saturated rings. The summed E-state index contributed by atoms with van der Waals surface area (Å²) in [6.45, 7) is 1.99. The van der Waals surface area contributed by atoms with E-state index >= 15 is 0 Å². The van der Waals surface area contributed by atoms with Crippen LogP contribution in [0.25, 0.3) is 0 Å². The van der Waals surface area contributed by atoms with E-state index in [4.69, 9.17) is 11.6 Å². The average molecular weight is 260 g/mol. The molecule has 2 rings (SSSR count). The van der Waals surface area contributed by atoms with Gasteiger partial charge in [0.05, 0.1) is 0 Å². The lowest BCUT2D eigenvalue weighted by molar-refractivity contribution is 0.102. The third-order valence-electron chi connectivity index (χ3n) is 2.68. The second kappa shape index (κ2) is 5.69. The van der Waals surface area contributed by atoms with Crippen LogP contribution in [0.1, 0.15) is 21.5 Å². The molecule has 0 unspecified atom stereocenters. The predicted molar refractivity (Wildman–Crippen MR) is 75.1 cm³/mol. The summed E-state index contributed by atoms with van der Waals surface area (Å²) in [5, 5.41) is 2.88. The van der Waals surface area contributed by atoms with Gasteiger partial charge in [0.2, 0.25) is 0 Å². The van der Waals surface area contributed by atoms with Gasteiger partial charge in [-0.3, -0.25) is 4.79 Å². The maximum Gasteiger partial charge on any atom is 0.255 e. The van der Waals surface area contributed by atoms with Crippen LogP contribution in [0.5, 0.6) is 0 Å². The number of rotatable bonds is 3. The van der Waals surface area contributed by atoms with E-state index in [-0.39, 0.29) is 5.91 Å². The van der Waals surface area contributed by atoms with Gasteiger partial charge < -0.3 is 5.32 Å². The van der Waals surface area contributed by atoms with Gasteiger partial charge in [0, 0.05) is 17.1 Å². The fourth-order valence-electron chi connectivity index (χ4n) is 1.78. The molecule has 0 saturated heterocycles. The SMILES string of the molecule is Cc1cccc(NC(=O)c2ccccc2CCl)c1. The van der Waals surface area contributed by atoms with Gasteiger partial charge in [0.25, 0.3) is 5.91 Å². The molecule has 0 atom stereocenters. The first kappa shape index (κ1) is 12.7. The molecule has 1 N–H and O–H groups in total. The molecule has 1 amide bonds. The zero-order valence-electron chi connectivity index (χ0n) is 10.1. The molecule has 0 radical (unpaired) electrons. The largest absolute Gasteiger partial charge is 0.322 e. The third kappa shape index (κ3) is 2.90. The Labute approximate surface area is 112 Å². The Bertz CT molecular complexity index is 566. The van der Waals surface area contributed by atoms with Crippen molar-refractivity contribution in [1.29, 1.82) is 0 Å². The van der Waals surface area contributed by atoms with Crippen LogP contribution < -0.4 is 5.32 Å². The first-order valence-electron chi connectivity index (χ1n) is 5.72. The van der Waals surface area contributed by atoms with Crippen molar-refractivity contribution in [3.05, 3.63) is 65.2 Å². The number of amides is 1. The van der Waals surface area contributed by atoms with E-state index in [2.05, 4.69) is 5.32 Å². The van der Waals surface area contributed by atoms with Crippen LogP contribution in [-0.4, -0.2) is 5.91 Å². The molecule has 2 nitrogen and oxygen atoms in total. The molecule has 0 aliphatic rings. The standard InChI is InChI=1S/C15H14ClNO/c1-11-5-4-7-13(9-11)17-15(18)14-8-3-2-6-12(14)10-16/h2-9H,10H2,1H3,(H,17,18). The Morgan fingerprint density at radius 1 is 1.17 bits per heavy atom. The normalized spacial score (nSPS) is 10.1. The van der Waals surface area contributed by atoms with Crippen molar-refractivity contribution in [2.45, 2.75) is 12.8 Å². The molecular weight excluding hydrogens is 246 g/mol. The van der Waals surface area contributed by atoms with Crippen molar-refractivity contribution >= 4 is 23.2 Å².